The minimum absolute atomic E-state index is 0.102. The lowest BCUT2D eigenvalue weighted by Crippen LogP contribution is -2.24. The molecule has 1 rings (SSSR count). The molecule has 0 radical (unpaired) electrons. The highest BCUT2D eigenvalue weighted by atomic mass is 79.9. The highest BCUT2D eigenvalue weighted by Gasteiger charge is 2.05. The third-order valence-corrected chi connectivity index (χ3v) is 2.03. The van der Waals surface area contributed by atoms with Crippen molar-refractivity contribution in [2.45, 2.75) is 6.42 Å². The molecule has 0 fully saturated rings. The van der Waals surface area contributed by atoms with Gasteiger partial charge in [0.2, 0.25) is 5.91 Å². The molecule has 0 aliphatic heterocycles. The molecule has 1 amide bonds. The van der Waals surface area contributed by atoms with Gasteiger partial charge in [-0.2, -0.15) is 0 Å². The molecule has 1 heterocycles. The van der Waals surface area contributed by atoms with E-state index in [2.05, 4.69) is 26.2 Å². The first-order chi connectivity index (χ1) is 6.13. The topological polar surface area (TPSA) is 62.0 Å². The molecule has 0 atom stereocenters. The SMILES string of the molecule is CNC(=O)Cc1cc(Br)c[nH]c1=O. The molecule has 1 aromatic heterocycles. The summed E-state index contributed by atoms with van der Waals surface area (Å²) in [6.07, 6.45) is 1.64. The van der Waals surface area contributed by atoms with Crippen molar-refractivity contribution in [3.63, 3.8) is 0 Å². The summed E-state index contributed by atoms with van der Waals surface area (Å²) < 4.78 is 0.756. The average Bonchev–Trinajstić information content (AvgIpc) is 2.11. The molecule has 2 N–H and O–H groups in total. The molecule has 0 aromatic carbocycles. The maximum Gasteiger partial charge on any atom is 0.251 e. The standard InChI is InChI=1S/C8H9BrN2O2/c1-10-7(12)3-5-2-6(9)4-11-8(5)13/h2,4H,3H2,1H3,(H,10,12)(H,11,13). The predicted molar refractivity (Wildman–Crippen MR) is 52.5 cm³/mol. The summed E-state index contributed by atoms with van der Waals surface area (Å²) in [5.41, 5.74) is 0.223. The van der Waals surface area contributed by atoms with Gasteiger partial charge in [0, 0.05) is 23.3 Å². The number of H-pyrrole nitrogens is 1. The maximum atomic E-state index is 11.2. The Balaban J connectivity index is 2.94. The van der Waals surface area contributed by atoms with Crippen LogP contribution in [-0.2, 0) is 11.2 Å². The van der Waals surface area contributed by atoms with Crippen molar-refractivity contribution in [3.05, 3.63) is 32.7 Å². The van der Waals surface area contributed by atoms with E-state index in [4.69, 9.17) is 0 Å². The van der Waals surface area contributed by atoms with E-state index >= 15 is 0 Å². The molecule has 0 unspecified atom stereocenters. The normalized spacial score (nSPS) is 9.69. The highest BCUT2D eigenvalue weighted by molar-refractivity contribution is 9.10. The second-order valence-corrected chi connectivity index (χ2v) is 3.44. The van der Waals surface area contributed by atoms with E-state index in [1.54, 1.807) is 6.07 Å². The van der Waals surface area contributed by atoms with Gasteiger partial charge in [-0.3, -0.25) is 9.59 Å². The third kappa shape index (κ3) is 2.69. The second kappa shape index (κ2) is 4.23. The van der Waals surface area contributed by atoms with Crippen molar-refractivity contribution in [2.24, 2.45) is 0 Å². The van der Waals surface area contributed by atoms with Gasteiger partial charge in [-0.15, -0.1) is 0 Å². The number of carbonyl (C=O) groups excluding carboxylic acids is 1. The van der Waals surface area contributed by atoms with E-state index in [-0.39, 0.29) is 17.9 Å². The molecule has 0 aliphatic carbocycles. The number of carbonyl (C=O) groups is 1. The van der Waals surface area contributed by atoms with E-state index in [1.807, 2.05) is 0 Å². The maximum absolute atomic E-state index is 11.2. The van der Waals surface area contributed by atoms with Crippen molar-refractivity contribution >= 4 is 21.8 Å². The minimum atomic E-state index is -0.230. The second-order valence-electron chi connectivity index (χ2n) is 2.52. The van der Waals surface area contributed by atoms with Crippen LogP contribution < -0.4 is 10.9 Å². The molecule has 13 heavy (non-hydrogen) atoms. The lowest BCUT2D eigenvalue weighted by Gasteiger charge is -1.99. The van der Waals surface area contributed by atoms with E-state index in [0.717, 1.165) is 4.47 Å². The molecule has 0 bridgehead atoms. The van der Waals surface area contributed by atoms with Crippen LogP contribution in [0.1, 0.15) is 5.56 Å². The molecule has 0 saturated carbocycles. The summed E-state index contributed by atoms with van der Waals surface area (Å²) >= 11 is 3.21. The van der Waals surface area contributed by atoms with Crippen molar-refractivity contribution in [1.29, 1.82) is 0 Å². The fourth-order valence-corrected chi connectivity index (χ4v) is 1.28. The molecule has 0 spiro atoms. The van der Waals surface area contributed by atoms with Gasteiger partial charge in [0.15, 0.2) is 0 Å². The quantitative estimate of drug-likeness (QED) is 0.793. The fourth-order valence-electron chi connectivity index (χ4n) is 0.894. The first-order valence-corrected chi connectivity index (χ1v) is 4.50. The zero-order valence-electron chi connectivity index (χ0n) is 7.06. The number of likely N-dealkylation sites (N-methyl/N-ethyl adjacent to an activating group) is 1. The number of pyridine rings is 1. The van der Waals surface area contributed by atoms with Crippen LogP contribution in [0.15, 0.2) is 21.5 Å². The largest absolute Gasteiger partial charge is 0.359 e. The average molecular weight is 245 g/mol. The van der Waals surface area contributed by atoms with Crippen molar-refractivity contribution < 1.29 is 4.79 Å². The molecular formula is C8H9BrN2O2. The van der Waals surface area contributed by atoms with E-state index in [9.17, 15) is 9.59 Å². The number of nitrogens with one attached hydrogen (secondary N) is 2. The monoisotopic (exact) mass is 244 g/mol. The number of amides is 1. The molecule has 0 aliphatic rings. The van der Waals surface area contributed by atoms with Gasteiger partial charge >= 0.3 is 0 Å². The van der Waals surface area contributed by atoms with Gasteiger partial charge in [0.1, 0.15) is 0 Å². The van der Waals surface area contributed by atoms with Crippen molar-refractivity contribution in [1.82, 2.24) is 10.3 Å². The van der Waals surface area contributed by atoms with Crippen LogP contribution in [0.25, 0.3) is 0 Å². The molecule has 1 aromatic rings. The lowest BCUT2D eigenvalue weighted by atomic mass is 10.2. The van der Waals surface area contributed by atoms with Gasteiger partial charge in [-0.25, -0.2) is 0 Å². The summed E-state index contributed by atoms with van der Waals surface area (Å²) in [4.78, 5) is 24.6. The smallest absolute Gasteiger partial charge is 0.251 e. The van der Waals surface area contributed by atoms with Crippen LogP contribution in [0.5, 0.6) is 0 Å². The van der Waals surface area contributed by atoms with Crippen LogP contribution in [0.2, 0.25) is 0 Å². The Kier molecular flexibility index (Phi) is 3.25. The van der Waals surface area contributed by atoms with Crippen molar-refractivity contribution in [3.8, 4) is 0 Å². The number of hydrogen-bond acceptors (Lipinski definition) is 2. The third-order valence-electron chi connectivity index (χ3n) is 1.57. The molecule has 0 saturated heterocycles. The summed E-state index contributed by atoms with van der Waals surface area (Å²) in [6.45, 7) is 0. The molecule has 5 heteroatoms. The van der Waals surface area contributed by atoms with Crippen LogP contribution in [-0.4, -0.2) is 17.9 Å². The van der Waals surface area contributed by atoms with Gasteiger partial charge in [0.05, 0.1) is 6.42 Å². The molecular weight excluding hydrogens is 236 g/mol. The number of rotatable bonds is 2. The Morgan fingerprint density at radius 3 is 3.00 bits per heavy atom. The minimum Gasteiger partial charge on any atom is -0.359 e. The van der Waals surface area contributed by atoms with Crippen LogP contribution in [0.3, 0.4) is 0 Å². The highest BCUT2D eigenvalue weighted by Crippen LogP contribution is 2.06. The summed E-state index contributed by atoms with van der Waals surface area (Å²) in [5.74, 6) is -0.177. The van der Waals surface area contributed by atoms with Crippen LogP contribution in [0.4, 0.5) is 0 Å². The van der Waals surface area contributed by atoms with E-state index in [0.29, 0.717) is 5.56 Å². The molecule has 70 valence electrons. The number of hydrogen-bond donors (Lipinski definition) is 2. The van der Waals surface area contributed by atoms with E-state index in [1.165, 1.54) is 13.2 Å². The van der Waals surface area contributed by atoms with Crippen LogP contribution in [0, 0.1) is 0 Å². The first kappa shape index (κ1) is 9.98. The first-order valence-electron chi connectivity index (χ1n) is 3.71. The fraction of sp³-hybridized carbons (Fsp3) is 0.250. The zero-order valence-corrected chi connectivity index (χ0v) is 8.64. The number of halogens is 1. The molecule has 4 nitrogen and oxygen atoms in total. The lowest BCUT2D eigenvalue weighted by molar-refractivity contribution is -0.119. The zero-order chi connectivity index (χ0) is 9.84. The Morgan fingerprint density at radius 2 is 2.38 bits per heavy atom. The van der Waals surface area contributed by atoms with E-state index < -0.39 is 0 Å². The summed E-state index contributed by atoms with van der Waals surface area (Å²) in [6, 6.07) is 1.63. The number of aromatic nitrogens is 1. The van der Waals surface area contributed by atoms with Crippen molar-refractivity contribution in [2.75, 3.05) is 7.05 Å². The van der Waals surface area contributed by atoms with Gasteiger partial charge in [-0.1, -0.05) is 0 Å². The van der Waals surface area contributed by atoms with Gasteiger partial charge in [-0.05, 0) is 22.0 Å². The van der Waals surface area contributed by atoms with Gasteiger partial charge < -0.3 is 10.3 Å². The van der Waals surface area contributed by atoms with Gasteiger partial charge in [0.25, 0.3) is 5.56 Å². The predicted octanol–water partition coefficient (Wildman–Crippen LogP) is 0.426. The summed E-state index contributed by atoms with van der Waals surface area (Å²) in [5, 5.41) is 2.45. The summed E-state index contributed by atoms with van der Waals surface area (Å²) in [7, 11) is 1.54. The Labute approximate surface area is 83.5 Å². The Bertz CT molecular complexity index is 373. The van der Waals surface area contributed by atoms with Crippen LogP contribution >= 0.6 is 15.9 Å². The Hall–Kier alpha value is -1.10. The number of aromatic amines is 1. The Morgan fingerprint density at radius 1 is 1.69 bits per heavy atom.